The molecule has 4 nitrogen and oxygen atoms in total. The van der Waals surface area contributed by atoms with Crippen LogP contribution in [0.4, 0.5) is 17.1 Å². The quantitative estimate of drug-likeness (QED) is 0.144. The molecule has 0 radical (unpaired) electrons. The Bertz CT molecular complexity index is 4880. The van der Waals surface area contributed by atoms with E-state index in [2.05, 4.69) is 313 Å². The number of nitrogens with zero attached hydrogens (tertiary/aromatic N) is 4. The Kier molecular flexibility index (Phi) is 11.0. The highest BCUT2D eigenvalue weighted by molar-refractivity contribution is 7.00. The Morgan fingerprint density at radius 1 is 0.286 bits per heavy atom. The van der Waals surface area contributed by atoms with E-state index < -0.39 is 5.41 Å². The van der Waals surface area contributed by atoms with Crippen LogP contribution in [0.3, 0.4) is 0 Å². The summed E-state index contributed by atoms with van der Waals surface area (Å²) in [6.07, 6.45) is 0. The molecule has 0 fully saturated rings. The summed E-state index contributed by atoms with van der Waals surface area (Å²) in [6, 6.07) is 111. The highest BCUT2D eigenvalue weighted by Crippen LogP contribution is 2.63. The zero-order chi connectivity index (χ0) is 55.3. The third kappa shape index (κ3) is 7.39. The molecule has 0 saturated carbocycles. The lowest BCUT2D eigenvalue weighted by Crippen LogP contribution is -2.25. The summed E-state index contributed by atoms with van der Waals surface area (Å²) in [7, 11) is 0. The van der Waals surface area contributed by atoms with Crippen LogP contribution in [0.15, 0.2) is 303 Å². The molecule has 392 valence electrons. The van der Waals surface area contributed by atoms with Crippen LogP contribution in [-0.2, 0) is 5.41 Å². The average Bonchev–Trinajstić information content (AvgIpc) is 2.03. The summed E-state index contributed by atoms with van der Waals surface area (Å²) in [6.45, 7) is 0. The van der Waals surface area contributed by atoms with Gasteiger partial charge in [0, 0.05) is 33.4 Å². The summed E-state index contributed by atoms with van der Waals surface area (Å²) >= 11 is 1.26. The molecule has 2 heterocycles. The van der Waals surface area contributed by atoms with Gasteiger partial charge in [-0.05, 0) is 173 Å². The van der Waals surface area contributed by atoms with E-state index in [1.54, 1.807) is 0 Å². The molecule has 0 amide bonds. The Balaban J connectivity index is 0.754. The van der Waals surface area contributed by atoms with Crippen LogP contribution in [0.1, 0.15) is 22.3 Å². The summed E-state index contributed by atoms with van der Waals surface area (Å²) in [4.78, 5) is 2.34. The van der Waals surface area contributed by atoms with Crippen molar-refractivity contribution in [3.63, 3.8) is 0 Å². The molecule has 1 spiro atoms. The van der Waals surface area contributed by atoms with E-state index in [-0.39, 0.29) is 0 Å². The highest BCUT2D eigenvalue weighted by atomic mass is 32.1. The maximum Gasteiger partial charge on any atom is 0.129 e. The van der Waals surface area contributed by atoms with Gasteiger partial charge in [-0.3, -0.25) is 0 Å². The average molecular weight is 1090 g/mol. The number of anilines is 3. The first-order chi connectivity index (χ1) is 41.7. The van der Waals surface area contributed by atoms with Crippen LogP contribution >= 0.6 is 11.7 Å². The predicted octanol–water partition coefficient (Wildman–Crippen LogP) is 20.9. The number of hydrogen-bond acceptors (Lipinski definition) is 4. The topological polar surface area (TPSA) is 34.0 Å². The maximum absolute atomic E-state index is 5.09. The minimum Gasteiger partial charge on any atom is -0.309 e. The van der Waals surface area contributed by atoms with Gasteiger partial charge >= 0.3 is 0 Å². The Morgan fingerprint density at radius 2 is 0.667 bits per heavy atom. The van der Waals surface area contributed by atoms with Crippen molar-refractivity contribution in [1.29, 1.82) is 0 Å². The summed E-state index contributed by atoms with van der Waals surface area (Å²) in [5.74, 6) is 0. The van der Waals surface area contributed by atoms with Gasteiger partial charge in [0.15, 0.2) is 0 Å². The normalized spacial score (nSPS) is 12.6. The lowest BCUT2D eigenvalue weighted by molar-refractivity contribution is 0.794. The molecular formula is C79H50N4S. The fourth-order valence-electron chi connectivity index (χ4n) is 13.9. The number of benzene rings is 13. The molecule has 0 bridgehead atoms. The summed E-state index contributed by atoms with van der Waals surface area (Å²) < 4.78 is 12.6. The van der Waals surface area contributed by atoms with Gasteiger partial charge < -0.3 is 9.47 Å². The largest absolute Gasteiger partial charge is 0.309 e. The molecule has 2 aromatic heterocycles. The number of fused-ring (bicyclic) bond motifs is 14. The lowest BCUT2D eigenvalue weighted by Gasteiger charge is -2.30. The van der Waals surface area contributed by atoms with E-state index in [1.807, 2.05) is 0 Å². The molecule has 0 unspecified atom stereocenters. The molecule has 0 aliphatic heterocycles. The smallest absolute Gasteiger partial charge is 0.129 e. The van der Waals surface area contributed by atoms with Gasteiger partial charge in [0.25, 0.3) is 0 Å². The van der Waals surface area contributed by atoms with Gasteiger partial charge in [0.05, 0.1) is 33.9 Å². The second-order valence-electron chi connectivity index (χ2n) is 22.1. The zero-order valence-corrected chi connectivity index (χ0v) is 46.4. The molecule has 0 N–H and O–H groups in total. The molecule has 0 atom stereocenters. The molecule has 15 aromatic rings. The SMILES string of the molecule is c1ccc(-c2ccc(N(c3ccc(-c4ccc5c(c4)C4(c6ccccc6-c6ccccc64)c4ccccc4-5)cc3)c3ccc(-c4ccc(-n5c6ccc(-c7ccccc7)cc6c6cc(-c7ccccc7)ccc65)cc4)c4nsnc34)cc2)cc1. The third-order valence-corrected chi connectivity index (χ3v) is 18.3. The van der Waals surface area contributed by atoms with Gasteiger partial charge in [-0.2, -0.15) is 8.75 Å². The Labute approximate surface area is 491 Å². The first-order valence-corrected chi connectivity index (χ1v) is 29.4. The van der Waals surface area contributed by atoms with E-state index in [9.17, 15) is 0 Å². The summed E-state index contributed by atoms with van der Waals surface area (Å²) in [5.41, 5.74) is 29.9. The van der Waals surface area contributed by atoms with Crippen molar-refractivity contribution in [3.05, 3.63) is 326 Å². The predicted molar refractivity (Wildman–Crippen MR) is 350 cm³/mol. The number of hydrogen-bond donors (Lipinski definition) is 0. The van der Waals surface area contributed by atoms with Gasteiger partial charge in [0.2, 0.25) is 0 Å². The molecule has 5 heteroatoms. The molecule has 2 aliphatic carbocycles. The zero-order valence-electron chi connectivity index (χ0n) is 45.6. The maximum atomic E-state index is 5.09. The third-order valence-electron chi connectivity index (χ3n) is 17.7. The van der Waals surface area contributed by atoms with Crippen molar-refractivity contribution in [2.75, 3.05) is 4.90 Å². The monoisotopic (exact) mass is 1090 g/mol. The molecule has 84 heavy (non-hydrogen) atoms. The lowest BCUT2D eigenvalue weighted by atomic mass is 9.70. The van der Waals surface area contributed by atoms with E-state index in [0.29, 0.717) is 0 Å². The van der Waals surface area contributed by atoms with Crippen LogP contribution in [0.2, 0.25) is 0 Å². The molecule has 17 rings (SSSR count). The van der Waals surface area contributed by atoms with Crippen molar-refractivity contribution >= 4 is 61.6 Å². The van der Waals surface area contributed by atoms with Crippen molar-refractivity contribution < 1.29 is 0 Å². The van der Waals surface area contributed by atoms with Crippen molar-refractivity contribution in [2.24, 2.45) is 0 Å². The van der Waals surface area contributed by atoms with Crippen LogP contribution in [0.25, 0.3) is 116 Å². The molecule has 13 aromatic carbocycles. The Hall–Kier alpha value is -10.7. The number of aromatic nitrogens is 3. The number of rotatable bonds is 9. The van der Waals surface area contributed by atoms with Crippen LogP contribution in [0, 0.1) is 0 Å². The highest BCUT2D eigenvalue weighted by Gasteiger charge is 2.51. The van der Waals surface area contributed by atoms with Gasteiger partial charge in [-0.15, -0.1) is 0 Å². The van der Waals surface area contributed by atoms with E-state index in [0.717, 1.165) is 67.1 Å². The van der Waals surface area contributed by atoms with Crippen molar-refractivity contribution in [3.8, 4) is 83.6 Å². The van der Waals surface area contributed by atoms with E-state index >= 15 is 0 Å². The Morgan fingerprint density at radius 3 is 1.19 bits per heavy atom. The van der Waals surface area contributed by atoms with Gasteiger partial charge in [-0.25, -0.2) is 0 Å². The first-order valence-electron chi connectivity index (χ1n) is 28.7. The van der Waals surface area contributed by atoms with Crippen LogP contribution < -0.4 is 4.90 Å². The molecule has 0 saturated heterocycles. The molecule has 2 aliphatic rings. The fourth-order valence-corrected chi connectivity index (χ4v) is 14.5. The standard InChI is InChI=1S/C79H50N4S/c1-4-16-51(17-5-1)54-28-37-60(38-29-54)82(61-39-30-55(31-40-61)59-34-43-67-66-24-12-15-27-72(66)79(73(67)50-59)70-25-13-10-22-64(70)65-23-11-14-26-71(65)79)76-47-44-63(77-78(76)81-84-80-77)56-32-41-62(42-33-56)83-74-45-35-57(52-18-6-2-7-19-52)48-68(74)69-49-58(36-46-75(69)83)53-20-8-3-9-21-53/h1-50H. The van der Waals surface area contributed by atoms with Gasteiger partial charge in [-0.1, -0.05) is 224 Å². The minimum atomic E-state index is -0.410. The van der Waals surface area contributed by atoms with Crippen molar-refractivity contribution in [2.45, 2.75) is 5.41 Å². The minimum absolute atomic E-state index is 0.410. The second kappa shape index (κ2) is 19.2. The summed E-state index contributed by atoms with van der Waals surface area (Å²) in [5, 5.41) is 2.44. The van der Waals surface area contributed by atoms with Crippen LogP contribution in [-0.4, -0.2) is 13.3 Å². The molecular weight excluding hydrogens is 1040 g/mol. The van der Waals surface area contributed by atoms with Crippen LogP contribution in [0.5, 0.6) is 0 Å². The van der Waals surface area contributed by atoms with Crippen molar-refractivity contribution in [1.82, 2.24) is 13.3 Å². The fraction of sp³-hybridized carbons (Fsp3) is 0.0127. The van der Waals surface area contributed by atoms with E-state index in [4.69, 9.17) is 8.75 Å². The first kappa shape index (κ1) is 48.0. The second-order valence-corrected chi connectivity index (χ2v) is 22.6. The van der Waals surface area contributed by atoms with Gasteiger partial charge in [0.1, 0.15) is 11.0 Å². The van der Waals surface area contributed by atoms with E-state index in [1.165, 1.54) is 100 Å².